The van der Waals surface area contributed by atoms with Gasteiger partial charge in [0.15, 0.2) is 0 Å². The molecular formula is C36H54O3. The predicted octanol–water partition coefficient (Wildman–Crippen LogP) is 10.7. The number of aryl methyl sites for hydroxylation is 1. The molecule has 0 amide bonds. The largest absolute Gasteiger partial charge is 0.494 e. The van der Waals surface area contributed by atoms with Crippen molar-refractivity contribution in [3.05, 3.63) is 59.7 Å². The monoisotopic (exact) mass is 534 g/mol. The van der Waals surface area contributed by atoms with Crippen molar-refractivity contribution in [2.24, 2.45) is 11.8 Å². The molecule has 2 aromatic carbocycles. The highest BCUT2D eigenvalue weighted by molar-refractivity contribution is 5.91. The normalized spacial score (nSPS) is 17.2. The van der Waals surface area contributed by atoms with E-state index in [1.54, 1.807) is 12.1 Å². The number of rotatable bonds is 19. The fraction of sp³-hybridized carbons (Fsp3) is 0.639. The van der Waals surface area contributed by atoms with Gasteiger partial charge in [-0.2, -0.15) is 0 Å². The Morgan fingerprint density at radius 1 is 0.641 bits per heavy atom. The minimum Gasteiger partial charge on any atom is -0.494 e. The summed E-state index contributed by atoms with van der Waals surface area (Å²) in [5.41, 5.74) is 1.85. The molecule has 0 saturated heterocycles. The van der Waals surface area contributed by atoms with E-state index in [0.717, 1.165) is 37.0 Å². The van der Waals surface area contributed by atoms with E-state index >= 15 is 0 Å². The summed E-state index contributed by atoms with van der Waals surface area (Å²) in [6.07, 6.45) is 24.0. The van der Waals surface area contributed by atoms with Crippen molar-refractivity contribution in [3.63, 3.8) is 0 Å². The van der Waals surface area contributed by atoms with Gasteiger partial charge in [0.25, 0.3) is 0 Å². The van der Waals surface area contributed by atoms with Gasteiger partial charge in [0, 0.05) is 0 Å². The molecule has 216 valence electrons. The molecule has 39 heavy (non-hydrogen) atoms. The second-order valence-corrected chi connectivity index (χ2v) is 11.8. The summed E-state index contributed by atoms with van der Waals surface area (Å²) in [6, 6.07) is 15.3. The molecule has 0 atom stereocenters. The van der Waals surface area contributed by atoms with E-state index in [1.165, 1.54) is 108 Å². The van der Waals surface area contributed by atoms with E-state index in [2.05, 4.69) is 26.0 Å². The lowest BCUT2D eigenvalue weighted by Gasteiger charge is -2.28. The van der Waals surface area contributed by atoms with Gasteiger partial charge in [0.1, 0.15) is 11.5 Å². The van der Waals surface area contributed by atoms with Crippen LogP contribution >= 0.6 is 0 Å². The maximum atomic E-state index is 12.6. The van der Waals surface area contributed by atoms with Crippen LogP contribution in [0, 0.1) is 11.8 Å². The topological polar surface area (TPSA) is 35.5 Å². The van der Waals surface area contributed by atoms with Crippen LogP contribution in [0.1, 0.15) is 139 Å². The molecule has 3 nitrogen and oxygen atoms in total. The van der Waals surface area contributed by atoms with Crippen molar-refractivity contribution in [3.8, 4) is 11.5 Å². The first-order valence-corrected chi connectivity index (χ1v) is 16.2. The fourth-order valence-electron chi connectivity index (χ4n) is 5.92. The highest BCUT2D eigenvalue weighted by atomic mass is 16.5. The molecule has 1 aliphatic rings. The van der Waals surface area contributed by atoms with Gasteiger partial charge in [-0.25, -0.2) is 4.79 Å². The summed E-state index contributed by atoms with van der Waals surface area (Å²) in [5, 5.41) is 0. The van der Waals surface area contributed by atoms with Gasteiger partial charge in [-0.3, -0.25) is 0 Å². The zero-order valence-electron chi connectivity index (χ0n) is 24.9. The highest BCUT2D eigenvalue weighted by Gasteiger charge is 2.20. The minimum absolute atomic E-state index is 0.328. The fourth-order valence-corrected chi connectivity index (χ4v) is 5.92. The summed E-state index contributed by atoms with van der Waals surface area (Å²) in [6.45, 7) is 5.27. The average Bonchev–Trinajstić information content (AvgIpc) is 2.97. The molecule has 1 fully saturated rings. The lowest BCUT2D eigenvalue weighted by atomic mass is 9.78. The van der Waals surface area contributed by atoms with Crippen LogP contribution < -0.4 is 9.47 Å². The minimum atomic E-state index is -0.328. The molecule has 0 aromatic heterocycles. The van der Waals surface area contributed by atoms with Gasteiger partial charge in [-0.15, -0.1) is 0 Å². The van der Waals surface area contributed by atoms with Crippen LogP contribution in [0.5, 0.6) is 11.5 Å². The van der Waals surface area contributed by atoms with Crippen LogP contribution in [-0.4, -0.2) is 12.6 Å². The van der Waals surface area contributed by atoms with Gasteiger partial charge in [-0.05, 0) is 79.5 Å². The first-order valence-electron chi connectivity index (χ1n) is 16.2. The Bertz CT molecular complexity index is 894. The van der Waals surface area contributed by atoms with Gasteiger partial charge >= 0.3 is 5.97 Å². The number of benzene rings is 2. The standard InChI is InChI=1S/C36H54O3/c1-3-5-7-9-11-14-30-17-19-32(20-18-30)16-13-29-38-34-27-23-33(24-28-34)36(37)39-35-25-21-31(22-26-35)15-12-10-8-6-4-2/h21-28,30,32H,3-20,29H2,1-2H3/t30-,32-. The van der Waals surface area contributed by atoms with Gasteiger partial charge in [-0.1, -0.05) is 116 Å². The van der Waals surface area contributed by atoms with Gasteiger partial charge < -0.3 is 9.47 Å². The van der Waals surface area contributed by atoms with Crippen molar-refractivity contribution in [2.45, 2.75) is 129 Å². The van der Waals surface area contributed by atoms with Crippen molar-refractivity contribution >= 4 is 5.97 Å². The van der Waals surface area contributed by atoms with Gasteiger partial charge in [0.05, 0.1) is 12.2 Å². The predicted molar refractivity (Wildman–Crippen MR) is 164 cm³/mol. The lowest BCUT2D eigenvalue weighted by molar-refractivity contribution is 0.0734. The number of carbonyl (C=O) groups excluding carboxylic acids is 1. The van der Waals surface area contributed by atoms with Crippen LogP contribution in [0.15, 0.2) is 48.5 Å². The Morgan fingerprint density at radius 3 is 1.79 bits per heavy atom. The van der Waals surface area contributed by atoms with Crippen molar-refractivity contribution < 1.29 is 14.3 Å². The lowest BCUT2D eigenvalue weighted by Crippen LogP contribution is -2.15. The maximum absolute atomic E-state index is 12.6. The second kappa shape index (κ2) is 18.9. The molecule has 2 aromatic rings. The van der Waals surface area contributed by atoms with E-state index in [4.69, 9.17) is 9.47 Å². The van der Waals surface area contributed by atoms with Crippen LogP contribution in [0.3, 0.4) is 0 Å². The van der Waals surface area contributed by atoms with E-state index < -0.39 is 0 Å². The molecular weight excluding hydrogens is 480 g/mol. The zero-order chi connectivity index (χ0) is 27.5. The van der Waals surface area contributed by atoms with E-state index in [-0.39, 0.29) is 5.97 Å². The molecule has 0 heterocycles. The van der Waals surface area contributed by atoms with Crippen LogP contribution in [0.4, 0.5) is 0 Å². The number of carbonyl (C=O) groups is 1. The quantitative estimate of drug-likeness (QED) is 0.102. The molecule has 0 spiro atoms. The molecule has 3 heteroatoms. The van der Waals surface area contributed by atoms with E-state index in [1.807, 2.05) is 24.3 Å². The molecule has 3 rings (SSSR count). The molecule has 0 aliphatic heterocycles. The van der Waals surface area contributed by atoms with Crippen LogP contribution in [-0.2, 0) is 6.42 Å². The number of hydrogen-bond donors (Lipinski definition) is 0. The first-order chi connectivity index (χ1) is 19.2. The molecule has 1 aliphatic carbocycles. The first kappa shape index (κ1) is 31.2. The highest BCUT2D eigenvalue weighted by Crippen LogP contribution is 2.34. The Balaban J connectivity index is 1.27. The zero-order valence-corrected chi connectivity index (χ0v) is 24.9. The van der Waals surface area contributed by atoms with Crippen molar-refractivity contribution in [1.82, 2.24) is 0 Å². The molecule has 0 N–H and O–H groups in total. The average molecular weight is 535 g/mol. The van der Waals surface area contributed by atoms with Crippen LogP contribution in [0.2, 0.25) is 0 Å². The molecule has 1 saturated carbocycles. The number of ether oxygens (including phenoxy) is 2. The third-order valence-corrected chi connectivity index (χ3v) is 8.50. The Labute approximate surface area is 239 Å². The molecule has 0 radical (unpaired) electrons. The smallest absolute Gasteiger partial charge is 0.343 e. The molecule has 0 bridgehead atoms. The Hall–Kier alpha value is -2.29. The summed E-state index contributed by atoms with van der Waals surface area (Å²) >= 11 is 0. The van der Waals surface area contributed by atoms with Crippen LogP contribution in [0.25, 0.3) is 0 Å². The SMILES string of the molecule is CCCCCCCc1ccc(OC(=O)c2ccc(OCCC[C@H]3CC[C@H](CCCCCCC)CC3)cc2)cc1. The molecule has 0 unspecified atom stereocenters. The summed E-state index contributed by atoms with van der Waals surface area (Å²) < 4.78 is 11.6. The summed E-state index contributed by atoms with van der Waals surface area (Å²) in [4.78, 5) is 12.6. The van der Waals surface area contributed by atoms with E-state index in [9.17, 15) is 4.79 Å². The summed E-state index contributed by atoms with van der Waals surface area (Å²) in [7, 11) is 0. The Kier molecular flexibility index (Phi) is 15.1. The third-order valence-electron chi connectivity index (χ3n) is 8.50. The number of hydrogen-bond acceptors (Lipinski definition) is 3. The summed E-state index contributed by atoms with van der Waals surface area (Å²) in [5.74, 6) is 2.94. The van der Waals surface area contributed by atoms with E-state index in [0.29, 0.717) is 11.3 Å². The van der Waals surface area contributed by atoms with Gasteiger partial charge in [0.2, 0.25) is 0 Å². The second-order valence-electron chi connectivity index (χ2n) is 11.8. The van der Waals surface area contributed by atoms with Crippen molar-refractivity contribution in [1.29, 1.82) is 0 Å². The number of unbranched alkanes of at least 4 members (excludes halogenated alkanes) is 8. The number of esters is 1. The van der Waals surface area contributed by atoms with Crippen molar-refractivity contribution in [2.75, 3.05) is 6.61 Å². The maximum Gasteiger partial charge on any atom is 0.343 e. The Morgan fingerprint density at radius 2 is 1.18 bits per heavy atom. The third kappa shape index (κ3) is 12.6.